The molecule has 1 saturated heterocycles. The van der Waals surface area contributed by atoms with Crippen molar-refractivity contribution in [3.05, 3.63) is 22.8 Å². The Kier molecular flexibility index (Phi) is 2.49. The molecule has 1 aliphatic rings. The van der Waals surface area contributed by atoms with E-state index >= 15 is 0 Å². The number of anilines is 1. The van der Waals surface area contributed by atoms with Crippen molar-refractivity contribution in [2.75, 3.05) is 18.0 Å². The lowest BCUT2D eigenvalue weighted by atomic mass is 10.1. The largest absolute Gasteiger partial charge is 0.388 e. The number of nitrogens with zero attached hydrogens (tertiary/aromatic N) is 2. The second-order valence-corrected chi connectivity index (χ2v) is 4.92. The minimum atomic E-state index is -0.565. The maximum Gasteiger partial charge on any atom is 0.129 e. The van der Waals surface area contributed by atoms with Gasteiger partial charge in [0.2, 0.25) is 0 Å². The minimum absolute atomic E-state index is 0.565. The molecule has 0 spiro atoms. The van der Waals surface area contributed by atoms with Crippen molar-refractivity contribution in [1.29, 1.82) is 0 Å². The van der Waals surface area contributed by atoms with Crippen molar-refractivity contribution < 1.29 is 5.11 Å². The lowest BCUT2D eigenvalue weighted by molar-refractivity contribution is 0.0839. The van der Waals surface area contributed by atoms with Crippen molar-refractivity contribution in [2.24, 2.45) is 0 Å². The van der Waals surface area contributed by atoms with Gasteiger partial charge in [-0.15, -0.1) is 0 Å². The molecule has 76 valence electrons. The maximum absolute atomic E-state index is 9.81. The van der Waals surface area contributed by atoms with Gasteiger partial charge in [0.05, 0.1) is 5.60 Å². The van der Waals surface area contributed by atoms with Crippen LogP contribution in [0, 0.1) is 0 Å². The van der Waals surface area contributed by atoms with Gasteiger partial charge in [0.1, 0.15) is 5.82 Å². The SMILES string of the molecule is C[C@]1(O)CCN(c2cc(Br)ccn2)C1. The van der Waals surface area contributed by atoms with Crippen LogP contribution in [-0.4, -0.2) is 28.8 Å². The van der Waals surface area contributed by atoms with Gasteiger partial charge in [-0.1, -0.05) is 15.9 Å². The Morgan fingerprint density at radius 2 is 2.43 bits per heavy atom. The van der Waals surface area contributed by atoms with E-state index in [1.165, 1.54) is 0 Å². The summed E-state index contributed by atoms with van der Waals surface area (Å²) in [5.74, 6) is 0.928. The molecule has 3 nitrogen and oxygen atoms in total. The van der Waals surface area contributed by atoms with Crippen LogP contribution in [0.3, 0.4) is 0 Å². The number of aliphatic hydroxyl groups is 1. The first-order valence-electron chi connectivity index (χ1n) is 4.66. The molecule has 0 aromatic carbocycles. The highest BCUT2D eigenvalue weighted by molar-refractivity contribution is 9.10. The van der Waals surface area contributed by atoms with Crippen LogP contribution in [0.4, 0.5) is 5.82 Å². The first-order valence-corrected chi connectivity index (χ1v) is 5.45. The second kappa shape index (κ2) is 3.51. The molecule has 0 saturated carbocycles. The standard InChI is InChI=1S/C10H13BrN2O/c1-10(14)3-5-13(7-10)9-6-8(11)2-4-12-9/h2,4,6,14H,3,5,7H2,1H3/t10-/m0/s1. The molecule has 1 aliphatic heterocycles. The van der Waals surface area contributed by atoms with E-state index in [4.69, 9.17) is 0 Å². The van der Waals surface area contributed by atoms with Crippen LogP contribution in [0.2, 0.25) is 0 Å². The highest BCUT2D eigenvalue weighted by Crippen LogP contribution is 2.26. The summed E-state index contributed by atoms with van der Waals surface area (Å²) in [6.45, 7) is 3.40. The van der Waals surface area contributed by atoms with E-state index in [2.05, 4.69) is 25.8 Å². The molecule has 0 bridgehead atoms. The van der Waals surface area contributed by atoms with Crippen molar-refractivity contribution in [3.63, 3.8) is 0 Å². The van der Waals surface area contributed by atoms with Crippen LogP contribution < -0.4 is 4.90 Å². The molecule has 1 N–H and O–H groups in total. The summed E-state index contributed by atoms with van der Waals surface area (Å²) in [4.78, 5) is 6.37. The van der Waals surface area contributed by atoms with Crippen LogP contribution in [0.15, 0.2) is 22.8 Å². The van der Waals surface area contributed by atoms with E-state index in [1.807, 2.05) is 19.1 Å². The third kappa shape index (κ3) is 2.07. The van der Waals surface area contributed by atoms with Gasteiger partial charge in [-0.25, -0.2) is 4.98 Å². The molecule has 14 heavy (non-hydrogen) atoms. The zero-order chi connectivity index (χ0) is 10.2. The van der Waals surface area contributed by atoms with E-state index in [0.29, 0.717) is 6.54 Å². The van der Waals surface area contributed by atoms with E-state index < -0.39 is 5.60 Å². The normalized spacial score (nSPS) is 26.9. The summed E-state index contributed by atoms with van der Waals surface area (Å²) in [5, 5.41) is 9.81. The molecule has 0 aliphatic carbocycles. The monoisotopic (exact) mass is 256 g/mol. The fourth-order valence-corrected chi connectivity index (χ4v) is 2.03. The number of β-amino-alcohol motifs (C(OH)–C–C–N with tert-alkyl or cyclic N) is 1. The highest BCUT2D eigenvalue weighted by atomic mass is 79.9. The lowest BCUT2D eigenvalue weighted by Gasteiger charge is -2.19. The predicted molar refractivity (Wildman–Crippen MR) is 59.4 cm³/mol. The minimum Gasteiger partial charge on any atom is -0.388 e. The average Bonchev–Trinajstić information content (AvgIpc) is 2.46. The van der Waals surface area contributed by atoms with Crippen molar-refractivity contribution in [3.8, 4) is 0 Å². The summed E-state index contributed by atoms with van der Waals surface area (Å²) >= 11 is 3.41. The fourth-order valence-electron chi connectivity index (χ4n) is 1.71. The Balaban J connectivity index is 2.17. The van der Waals surface area contributed by atoms with Crippen LogP contribution in [-0.2, 0) is 0 Å². The molecular weight excluding hydrogens is 244 g/mol. The van der Waals surface area contributed by atoms with Gasteiger partial charge in [-0.2, -0.15) is 0 Å². The summed E-state index contributed by atoms with van der Waals surface area (Å²) in [7, 11) is 0. The van der Waals surface area contributed by atoms with E-state index in [1.54, 1.807) is 6.20 Å². The Morgan fingerprint density at radius 1 is 1.64 bits per heavy atom. The Bertz CT molecular complexity index is 341. The van der Waals surface area contributed by atoms with E-state index in [9.17, 15) is 5.11 Å². The summed E-state index contributed by atoms with van der Waals surface area (Å²) in [6, 6.07) is 3.87. The molecule has 2 heterocycles. The molecular formula is C10H13BrN2O. The molecule has 0 unspecified atom stereocenters. The number of halogens is 1. The fraction of sp³-hybridized carbons (Fsp3) is 0.500. The molecule has 1 aromatic rings. The van der Waals surface area contributed by atoms with Crippen LogP contribution in [0.5, 0.6) is 0 Å². The topological polar surface area (TPSA) is 36.4 Å². The third-order valence-corrected chi connectivity index (χ3v) is 2.98. The highest BCUT2D eigenvalue weighted by Gasteiger charge is 2.31. The quantitative estimate of drug-likeness (QED) is 0.833. The molecule has 0 amide bonds. The van der Waals surface area contributed by atoms with Crippen molar-refractivity contribution >= 4 is 21.7 Å². The van der Waals surface area contributed by atoms with Gasteiger partial charge in [0.25, 0.3) is 0 Å². The Morgan fingerprint density at radius 3 is 3.00 bits per heavy atom. The lowest BCUT2D eigenvalue weighted by Crippen LogP contribution is -2.29. The average molecular weight is 257 g/mol. The number of hydrogen-bond donors (Lipinski definition) is 1. The molecule has 1 fully saturated rings. The molecule has 1 atom stereocenters. The number of pyridine rings is 1. The Labute approximate surface area is 91.9 Å². The first-order chi connectivity index (χ1) is 6.57. The molecule has 1 aromatic heterocycles. The van der Waals surface area contributed by atoms with Crippen LogP contribution in [0.1, 0.15) is 13.3 Å². The summed E-state index contributed by atoms with van der Waals surface area (Å²) in [5.41, 5.74) is -0.565. The zero-order valence-corrected chi connectivity index (χ0v) is 9.66. The molecule has 2 rings (SSSR count). The van der Waals surface area contributed by atoms with Gasteiger partial charge >= 0.3 is 0 Å². The van der Waals surface area contributed by atoms with Crippen LogP contribution >= 0.6 is 15.9 Å². The van der Waals surface area contributed by atoms with Gasteiger partial charge in [-0.05, 0) is 25.5 Å². The number of aromatic nitrogens is 1. The first kappa shape index (κ1) is 9.93. The predicted octanol–water partition coefficient (Wildman–Crippen LogP) is 1.81. The van der Waals surface area contributed by atoms with Gasteiger partial charge in [0.15, 0.2) is 0 Å². The Hall–Kier alpha value is -0.610. The van der Waals surface area contributed by atoms with Gasteiger partial charge < -0.3 is 10.0 Å². The van der Waals surface area contributed by atoms with E-state index in [-0.39, 0.29) is 0 Å². The number of hydrogen-bond acceptors (Lipinski definition) is 3. The van der Waals surface area contributed by atoms with Crippen LogP contribution in [0.25, 0.3) is 0 Å². The molecule has 4 heteroatoms. The summed E-state index contributed by atoms with van der Waals surface area (Å²) in [6.07, 6.45) is 2.58. The van der Waals surface area contributed by atoms with Gasteiger partial charge in [0, 0.05) is 23.8 Å². The third-order valence-electron chi connectivity index (χ3n) is 2.48. The maximum atomic E-state index is 9.81. The summed E-state index contributed by atoms with van der Waals surface area (Å²) < 4.78 is 1.02. The van der Waals surface area contributed by atoms with Gasteiger partial charge in [-0.3, -0.25) is 0 Å². The van der Waals surface area contributed by atoms with Crippen molar-refractivity contribution in [1.82, 2.24) is 4.98 Å². The van der Waals surface area contributed by atoms with E-state index in [0.717, 1.165) is 23.3 Å². The molecule has 0 radical (unpaired) electrons. The van der Waals surface area contributed by atoms with Crippen molar-refractivity contribution in [2.45, 2.75) is 18.9 Å². The second-order valence-electron chi connectivity index (χ2n) is 4.00. The smallest absolute Gasteiger partial charge is 0.129 e. The zero-order valence-electron chi connectivity index (χ0n) is 8.07. The number of rotatable bonds is 1.